The van der Waals surface area contributed by atoms with Gasteiger partial charge in [0.1, 0.15) is 5.75 Å². The van der Waals surface area contributed by atoms with Gasteiger partial charge >= 0.3 is 0 Å². The molecule has 1 aliphatic rings. The molecule has 0 radical (unpaired) electrons. The Kier molecular flexibility index (Phi) is 2.55. The third-order valence-corrected chi connectivity index (χ3v) is 5.35. The lowest BCUT2D eigenvalue weighted by atomic mass is 10.1. The van der Waals surface area contributed by atoms with Crippen molar-refractivity contribution in [2.75, 3.05) is 17.1 Å². The number of anilines is 2. The number of sulfonamides is 1. The first-order valence-electron chi connectivity index (χ1n) is 5.26. The first-order valence-corrected chi connectivity index (χ1v) is 6.70. The number of methoxy groups -OCH3 is 1. The number of benzene rings is 1. The van der Waals surface area contributed by atoms with Crippen LogP contribution in [0.15, 0.2) is 18.2 Å². The summed E-state index contributed by atoms with van der Waals surface area (Å²) in [6, 6.07) is 4.53. The van der Waals surface area contributed by atoms with Crippen molar-refractivity contribution >= 4 is 27.3 Å². The number of hydrogen-bond donors (Lipinski definition) is 1. The predicted molar refractivity (Wildman–Crippen MR) is 67.9 cm³/mol. The molecule has 1 aliphatic heterocycles. The van der Waals surface area contributed by atoms with Crippen molar-refractivity contribution < 1.29 is 17.9 Å². The lowest BCUT2D eigenvalue weighted by Crippen LogP contribution is -2.67. The second-order valence-electron chi connectivity index (χ2n) is 4.51. The minimum absolute atomic E-state index is 0.138. The summed E-state index contributed by atoms with van der Waals surface area (Å²) < 4.78 is 28.4. The molecule has 0 aromatic heterocycles. The zero-order chi connectivity index (χ0) is 13.7. The van der Waals surface area contributed by atoms with Crippen molar-refractivity contribution in [1.29, 1.82) is 0 Å². The van der Waals surface area contributed by atoms with E-state index in [0.717, 1.165) is 4.31 Å². The van der Waals surface area contributed by atoms with Crippen LogP contribution in [0.3, 0.4) is 0 Å². The number of carbonyl (C=O) groups is 1. The van der Waals surface area contributed by atoms with Gasteiger partial charge in [0.2, 0.25) is 0 Å². The van der Waals surface area contributed by atoms with Gasteiger partial charge in [0, 0.05) is 6.07 Å². The molecule has 0 bridgehead atoms. The molecule has 18 heavy (non-hydrogen) atoms. The molecule has 1 saturated heterocycles. The topological polar surface area (TPSA) is 89.7 Å². The predicted octanol–water partition coefficient (Wildman–Crippen LogP) is 0.732. The maximum atomic E-state index is 12.0. The Morgan fingerprint density at radius 3 is 2.44 bits per heavy atom. The van der Waals surface area contributed by atoms with Gasteiger partial charge in [-0.3, -0.25) is 4.79 Å². The van der Waals surface area contributed by atoms with Gasteiger partial charge in [-0.2, -0.15) is 0 Å². The minimum atomic E-state index is -3.70. The van der Waals surface area contributed by atoms with Crippen LogP contribution in [0, 0.1) is 0 Å². The highest BCUT2D eigenvalue weighted by molar-refractivity contribution is 7.98. The van der Waals surface area contributed by atoms with E-state index in [2.05, 4.69) is 0 Å². The molecule has 98 valence electrons. The number of carbonyl (C=O) groups excluding carboxylic acids is 1. The maximum absolute atomic E-state index is 12.0. The van der Waals surface area contributed by atoms with Crippen LogP contribution in [0.4, 0.5) is 11.4 Å². The van der Waals surface area contributed by atoms with Crippen molar-refractivity contribution in [3.63, 3.8) is 0 Å². The average Bonchev–Trinajstić information content (AvgIpc) is 2.31. The van der Waals surface area contributed by atoms with E-state index < -0.39 is 20.7 Å². The summed E-state index contributed by atoms with van der Waals surface area (Å²) >= 11 is 0. The number of nitrogen functional groups attached to an aromatic ring is 1. The van der Waals surface area contributed by atoms with Gasteiger partial charge in [-0.25, -0.2) is 12.7 Å². The molecule has 0 unspecified atom stereocenters. The second-order valence-corrected chi connectivity index (χ2v) is 6.85. The van der Waals surface area contributed by atoms with Crippen molar-refractivity contribution in [2.24, 2.45) is 0 Å². The largest absolute Gasteiger partial charge is 0.497 e. The van der Waals surface area contributed by atoms with E-state index in [1.807, 2.05) is 0 Å². The molecule has 0 aliphatic carbocycles. The van der Waals surface area contributed by atoms with Gasteiger partial charge in [-0.1, -0.05) is 0 Å². The highest BCUT2D eigenvalue weighted by Gasteiger charge is 2.61. The summed E-state index contributed by atoms with van der Waals surface area (Å²) in [5.41, 5.74) is 6.06. The standard InChI is InChI=1S/C11H14N2O4S/c1-11(2)10(14)13(18(11,15)16)9-6-7(17-3)4-5-8(9)12/h4-6H,12H2,1-3H3. The van der Waals surface area contributed by atoms with Gasteiger partial charge in [-0.15, -0.1) is 0 Å². The zero-order valence-corrected chi connectivity index (χ0v) is 11.1. The smallest absolute Gasteiger partial charge is 0.263 e. The number of hydrogen-bond acceptors (Lipinski definition) is 5. The van der Waals surface area contributed by atoms with Gasteiger partial charge in [0.15, 0.2) is 4.75 Å². The summed E-state index contributed by atoms with van der Waals surface area (Å²) in [6.45, 7) is 2.75. The van der Waals surface area contributed by atoms with Crippen LogP contribution in [0.2, 0.25) is 0 Å². The average molecular weight is 270 g/mol. The molecule has 0 atom stereocenters. The summed E-state index contributed by atoms with van der Waals surface area (Å²) in [5, 5.41) is 0. The van der Waals surface area contributed by atoms with E-state index in [4.69, 9.17) is 10.5 Å². The SMILES string of the molecule is COc1ccc(N)c(N2C(=O)C(C)(C)S2(=O)=O)c1. The lowest BCUT2D eigenvalue weighted by molar-refractivity contribution is -0.120. The Balaban J connectivity index is 2.55. The maximum Gasteiger partial charge on any atom is 0.263 e. The molecule has 1 fully saturated rings. The van der Waals surface area contributed by atoms with Crippen LogP contribution < -0.4 is 14.8 Å². The Morgan fingerprint density at radius 2 is 1.94 bits per heavy atom. The number of nitrogens with two attached hydrogens (primary N) is 1. The first kappa shape index (κ1) is 12.7. The summed E-state index contributed by atoms with van der Waals surface area (Å²) in [7, 11) is -2.25. The van der Waals surface area contributed by atoms with Crippen molar-refractivity contribution in [1.82, 2.24) is 0 Å². The second kappa shape index (κ2) is 3.61. The summed E-state index contributed by atoms with van der Waals surface area (Å²) in [4.78, 5) is 11.9. The van der Waals surface area contributed by atoms with E-state index in [1.54, 1.807) is 6.07 Å². The molecule has 1 heterocycles. The molecule has 0 saturated carbocycles. The van der Waals surface area contributed by atoms with E-state index in [1.165, 1.54) is 33.1 Å². The Labute approximate surface area is 105 Å². The molecule has 6 nitrogen and oxygen atoms in total. The van der Waals surface area contributed by atoms with E-state index in [-0.39, 0.29) is 11.4 Å². The first-order chi connectivity index (χ1) is 8.23. The normalized spacial score (nSPS) is 20.4. The highest BCUT2D eigenvalue weighted by Crippen LogP contribution is 2.42. The number of nitrogens with zero attached hydrogens (tertiary/aromatic N) is 1. The lowest BCUT2D eigenvalue weighted by Gasteiger charge is -2.43. The Morgan fingerprint density at radius 1 is 1.33 bits per heavy atom. The number of amides is 1. The molecule has 2 N–H and O–H groups in total. The molecule has 2 rings (SSSR count). The highest BCUT2D eigenvalue weighted by atomic mass is 32.2. The fraction of sp³-hybridized carbons (Fsp3) is 0.364. The van der Waals surface area contributed by atoms with Crippen LogP contribution in [-0.4, -0.2) is 26.2 Å². The van der Waals surface area contributed by atoms with Crippen LogP contribution in [0.25, 0.3) is 0 Å². The minimum Gasteiger partial charge on any atom is -0.497 e. The van der Waals surface area contributed by atoms with Crippen LogP contribution in [0.1, 0.15) is 13.8 Å². The molecular weight excluding hydrogens is 256 g/mol. The molecule has 1 amide bonds. The fourth-order valence-corrected chi connectivity index (χ4v) is 3.22. The summed E-state index contributed by atoms with van der Waals surface area (Å²) in [6.07, 6.45) is 0. The monoisotopic (exact) mass is 270 g/mol. The number of rotatable bonds is 2. The molecule has 1 aromatic rings. The van der Waals surface area contributed by atoms with E-state index in [9.17, 15) is 13.2 Å². The van der Waals surface area contributed by atoms with E-state index in [0.29, 0.717) is 5.75 Å². The quantitative estimate of drug-likeness (QED) is 0.800. The molecule has 7 heteroatoms. The number of ether oxygens (including phenoxy) is 1. The third kappa shape index (κ3) is 1.40. The van der Waals surface area contributed by atoms with E-state index >= 15 is 0 Å². The van der Waals surface area contributed by atoms with Crippen LogP contribution >= 0.6 is 0 Å². The fourth-order valence-electron chi connectivity index (χ4n) is 1.72. The van der Waals surface area contributed by atoms with Crippen molar-refractivity contribution in [2.45, 2.75) is 18.6 Å². The van der Waals surface area contributed by atoms with Crippen molar-refractivity contribution in [3.8, 4) is 5.75 Å². The van der Waals surface area contributed by atoms with Gasteiger partial charge in [-0.05, 0) is 26.0 Å². The van der Waals surface area contributed by atoms with Gasteiger partial charge in [0.25, 0.3) is 15.9 Å². The van der Waals surface area contributed by atoms with Crippen LogP contribution in [0.5, 0.6) is 5.75 Å². The molecule has 1 aromatic carbocycles. The Bertz CT molecular complexity index is 622. The van der Waals surface area contributed by atoms with Gasteiger partial charge in [0.05, 0.1) is 18.5 Å². The zero-order valence-electron chi connectivity index (χ0n) is 10.3. The van der Waals surface area contributed by atoms with Crippen LogP contribution in [-0.2, 0) is 14.8 Å². The van der Waals surface area contributed by atoms with Gasteiger partial charge < -0.3 is 10.5 Å². The van der Waals surface area contributed by atoms with Crippen molar-refractivity contribution in [3.05, 3.63) is 18.2 Å². The third-order valence-electron chi connectivity index (χ3n) is 3.04. The molecular formula is C11H14N2O4S. The Hall–Kier alpha value is -1.76. The summed E-state index contributed by atoms with van der Waals surface area (Å²) in [5.74, 6) is -0.0608. The molecule has 0 spiro atoms.